The van der Waals surface area contributed by atoms with Gasteiger partial charge in [0.15, 0.2) is 12.2 Å². The van der Waals surface area contributed by atoms with Crippen molar-refractivity contribution in [3.63, 3.8) is 0 Å². The summed E-state index contributed by atoms with van der Waals surface area (Å²) >= 11 is 0. The Kier molecular flexibility index (Phi) is 20.0. The van der Waals surface area contributed by atoms with Gasteiger partial charge in [-0.05, 0) is 194 Å². The number of hydrogen-bond acceptors (Lipinski definition) is 12. The molecule has 14 nitrogen and oxygen atoms in total. The van der Waals surface area contributed by atoms with E-state index >= 15 is 0 Å². The van der Waals surface area contributed by atoms with Crippen molar-refractivity contribution in [1.29, 1.82) is 0 Å². The number of carbonyl (C=O) groups is 2. The molecule has 10 heterocycles. The minimum atomic E-state index is -1.16. The summed E-state index contributed by atoms with van der Waals surface area (Å²) in [5.41, 5.74) is 10.4. The average molecular weight is 1170 g/mol. The lowest BCUT2D eigenvalue weighted by molar-refractivity contribution is -0.161. The van der Waals surface area contributed by atoms with E-state index < -0.39 is 35.3 Å². The number of carboxylic acids is 2. The molecule has 0 radical (unpaired) electrons. The Labute approximate surface area is 510 Å². The monoisotopic (exact) mass is 1170 g/mol. The van der Waals surface area contributed by atoms with Gasteiger partial charge in [0.1, 0.15) is 23.7 Å². The van der Waals surface area contributed by atoms with Gasteiger partial charge in [0.05, 0.1) is 33.8 Å². The fourth-order valence-corrected chi connectivity index (χ4v) is 12.7. The van der Waals surface area contributed by atoms with E-state index in [1.165, 1.54) is 0 Å². The number of aromatic nitrogens is 2. The van der Waals surface area contributed by atoms with Gasteiger partial charge in [-0.15, -0.1) is 0 Å². The van der Waals surface area contributed by atoms with Gasteiger partial charge in [-0.1, -0.05) is 84.9 Å². The number of aliphatic carboxylic acids is 2. The minimum Gasteiger partial charge on any atom is -0.486 e. The zero-order valence-corrected chi connectivity index (χ0v) is 53.0. The summed E-state index contributed by atoms with van der Waals surface area (Å²) in [6.07, 6.45) is 6.69. The van der Waals surface area contributed by atoms with Gasteiger partial charge in [-0.25, -0.2) is 9.59 Å². The molecular weight excluding hydrogens is 1080 g/mol. The molecule has 2 unspecified atom stereocenters. The van der Waals surface area contributed by atoms with Crippen LogP contribution in [0.4, 0.5) is 11.4 Å². The molecule has 8 bridgehead atoms. The average Bonchev–Trinajstić information content (AvgIpc) is 1.36. The van der Waals surface area contributed by atoms with Crippen LogP contribution < -0.4 is 19.3 Å². The number of rotatable bonds is 8. The van der Waals surface area contributed by atoms with E-state index in [4.69, 9.17) is 38.4 Å². The summed E-state index contributed by atoms with van der Waals surface area (Å²) in [7, 11) is 0. The zero-order chi connectivity index (χ0) is 61.6. The van der Waals surface area contributed by atoms with Crippen LogP contribution in [0.5, 0.6) is 11.5 Å². The Morgan fingerprint density at radius 2 is 0.849 bits per heavy atom. The second kappa shape index (κ2) is 27.0. The molecule has 14 heteroatoms. The summed E-state index contributed by atoms with van der Waals surface area (Å²) < 4.78 is 38.6. The van der Waals surface area contributed by atoms with Crippen molar-refractivity contribution in [1.82, 2.24) is 9.97 Å². The Morgan fingerprint density at radius 3 is 1.16 bits per heavy atom. The lowest BCUT2D eigenvalue weighted by atomic mass is 9.89. The summed E-state index contributed by atoms with van der Waals surface area (Å²) in [5, 5.41) is 20.9. The van der Waals surface area contributed by atoms with E-state index in [9.17, 15) is 19.8 Å². The Morgan fingerprint density at radius 1 is 0.512 bits per heavy atom. The van der Waals surface area contributed by atoms with E-state index in [1.807, 2.05) is 106 Å². The number of hydrogen-bond donors (Lipinski definition) is 2. The third-order valence-corrected chi connectivity index (χ3v) is 17.2. The third-order valence-electron chi connectivity index (χ3n) is 17.2. The maximum atomic E-state index is 12.8. The van der Waals surface area contributed by atoms with E-state index in [0.29, 0.717) is 35.7 Å². The predicted octanol–water partition coefficient (Wildman–Crippen LogP) is 16.0. The third kappa shape index (κ3) is 15.6. The first-order valence-corrected chi connectivity index (χ1v) is 31.1. The first kappa shape index (κ1) is 63.7. The van der Waals surface area contributed by atoms with Gasteiger partial charge in [0, 0.05) is 84.4 Å². The topological polar surface area (TPSA) is 162 Å². The van der Waals surface area contributed by atoms with Crippen LogP contribution in [0, 0.1) is 27.7 Å². The first-order chi connectivity index (χ1) is 40.9. The van der Waals surface area contributed by atoms with Crippen LogP contribution in [0.25, 0.3) is 22.3 Å². The van der Waals surface area contributed by atoms with E-state index in [1.54, 1.807) is 0 Å². The first-order valence-electron chi connectivity index (χ1n) is 31.1. The van der Waals surface area contributed by atoms with Crippen LogP contribution in [0.3, 0.4) is 0 Å². The highest BCUT2D eigenvalue weighted by Gasteiger charge is 2.40. The molecule has 0 spiro atoms. The van der Waals surface area contributed by atoms with Crippen LogP contribution in [-0.4, -0.2) is 93.9 Å². The van der Waals surface area contributed by atoms with Crippen LogP contribution in [-0.2, 0) is 28.5 Å². The fourth-order valence-electron chi connectivity index (χ4n) is 12.7. The molecular formula is C72H92N4O10. The molecule has 6 aromatic rings. The number of ether oxygens (including phenoxy) is 6. The zero-order valence-electron chi connectivity index (χ0n) is 53.0. The number of anilines is 2. The van der Waals surface area contributed by atoms with Crippen LogP contribution in [0.1, 0.15) is 189 Å². The SMILES string of the molecule is Cc1nc(C)c([C@H](OC(C)(C)C)C(=O)O)c2c1-c1ccc(cc1)OC(c1ccccc1)CCCCOC1(C)CCN2CC1.Cc1nc(C)c([C@H](OC(C)(C)C)C(=O)O)c2c1-c1ccc(cc1)OC(c1ccccc1)CCCCOC1(C)CCN2CC1. The number of pyridine rings is 2. The van der Waals surface area contributed by atoms with Crippen molar-refractivity contribution in [3.05, 3.63) is 154 Å². The molecule has 0 aliphatic carbocycles. The molecule has 86 heavy (non-hydrogen) atoms. The van der Waals surface area contributed by atoms with Gasteiger partial charge < -0.3 is 48.4 Å². The van der Waals surface area contributed by atoms with E-state index in [0.717, 1.165) is 158 Å². The molecule has 4 atom stereocenters. The van der Waals surface area contributed by atoms with Crippen molar-refractivity contribution >= 4 is 23.3 Å². The van der Waals surface area contributed by atoms with Crippen molar-refractivity contribution in [3.8, 4) is 33.8 Å². The van der Waals surface area contributed by atoms with Gasteiger partial charge in [-0.2, -0.15) is 0 Å². The number of nitrogens with zero attached hydrogens (tertiary/aromatic N) is 4. The summed E-state index contributed by atoms with van der Waals surface area (Å²) in [5.74, 6) is -0.443. The van der Waals surface area contributed by atoms with Gasteiger partial charge >= 0.3 is 11.9 Å². The van der Waals surface area contributed by atoms with Gasteiger partial charge in [0.2, 0.25) is 0 Å². The number of fused-ring (bicyclic) bond motifs is 4. The molecule has 4 aromatic carbocycles. The number of benzene rings is 4. The Bertz CT molecular complexity index is 3030. The summed E-state index contributed by atoms with van der Waals surface area (Å²) in [4.78, 5) is 40.0. The number of piperidine rings is 2. The highest BCUT2D eigenvalue weighted by Crippen LogP contribution is 2.47. The second-order valence-corrected chi connectivity index (χ2v) is 26.4. The highest BCUT2D eigenvalue weighted by molar-refractivity contribution is 5.89. The molecule has 2 saturated heterocycles. The normalized spacial score (nSPS) is 22.0. The van der Waals surface area contributed by atoms with Crippen molar-refractivity contribution in [2.45, 2.75) is 194 Å². The van der Waals surface area contributed by atoms with Crippen LogP contribution in [0.15, 0.2) is 109 Å². The van der Waals surface area contributed by atoms with Gasteiger partial charge in [-0.3, -0.25) is 9.97 Å². The standard InChI is InChI=1S/2C36H46N2O5/c2*1-24-30-27-15-17-28(18-16-27)42-29(26-12-8-7-9-13-26)14-10-11-23-41-36(6)19-21-38(22-20-36)32(30)31(25(2)37-24)33(34(39)40)43-35(3,4)5/h2*7-9,12-13,15-18,29,33H,10-11,14,19-23H2,1-6H3,(H,39,40)/t2*29?,33-/m00/s1. The van der Waals surface area contributed by atoms with Gasteiger partial charge in [0.25, 0.3) is 0 Å². The Hall–Kier alpha value is -6.84. The second-order valence-electron chi connectivity index (χ2n) is 26.4. The van der Waals surface area contributed by atoms with Crippen molar-refractivity contribution in [2.24, 2.45) is 0 Å². The van der Waals surface area contributed by atoms with Crippen LogP contribution >= 0.6 is 0 Å². The molecule has 2 aromatic heterocycles. The smallest absolute Gasteiger partial charge is 0.337 e. The molecule has 14 rings (SSSR count). The number of aryl methyl sites for hydroxylation is 4. The fraction of sp³-hybridized carbons (Fsp3) is 0.500. The maximum absolute atomic E-state index is 12.8. The van der Waals surface area contributed by atoms with Crippen molar-refractivity contribution < 1.29 is 48.2 Å². The summed E-state index contributed by atoms with van der Waals surface area (Å²) in [6.45, 7) is 27.9. The molecule has 0 amide bonds. The molecule has 2 fully saturated rings. The lowest BCUT2D eigenvalue weighted by Gasteiger charge is -2.42. The molecule has 8 aliphatic rings. The van der Waals surface area contributed by atoms with E-state index in [2.05, 4.69) is 96.4 Å². The molecule has 0 saturated carbocycles. The number of carboxylic acid groups (broad SMARTS) is 2. The molecule has 2 N–H and O–H groups in total. The maximum Gasteiger partial charge on any atom is 0.337 e. The van der Waals surface area contributed by atoms with Crippen molar-refractivity contribution in [2.75, 3.05) is 49.2 Å². The molecule has 460 valence electrons. The Balaban J connectivity index is 0.000000205. The minimum absolute atomic E-state index is 0.0592. The van der Waals surface area contributed by atoms with E-state index in [-0.39, 0.29) is 23.4 Å². The summed E-state index contributed by atoms with van der Waals surface area (Å²) in [6, 6.07) is 37.1. The largest absolute Gasteiger partial charge is 0.486 e. The predicted molar refractivity (Wildman–Crippen MR) is 340 cm³/mol. The molecule has 8 aliphatic heterocycles. The lowest BCUT2D eigenvalue weighted by Crippen LogP contribution is -2.45. The quantitative estimate of drug-likeness (QED) is 0.148. The highest BCUT2D eigenvalue weighted by atomic mass is 16.5. The van der Waals surface area contributed by atoms with Crippen LogP contribution in [0.2, 0.25) is 0 Å².